The third-order valence-electron chi connectivity index (χ3n) is 25.5. The predicted octanol–water partition coefficient (Wildman–Crippen LogP) is 24.9. The Balaban J connectivity index is 0.000000233. The number of aliphatic hydroxyl groups excluding tert-OH is 1. The van der Waals surface area contributed by atoms with Crippen LogP contribution in [0.4, 0.5) is 17.3 Å². The van der Waals surface area contributed by atoms with Crippen LogP contribution in [0.2, 0.25) is 20.1 Å². The molecule has 790 valence electrons. The second kappa shape index (κ2) is 60.6. The SMILES string of the molecule is C.C.C.C.CCS(=O)(=O)c1cccc(-c2ccc(OCC3CCN(C)CC3)c3[nH]c4ncc(C)cc4c23)c1.CCS(=O)(=O)c1cccc(B(O)O)c1.CN1CCC(CO)CC1.CN1CCC(COc2ccc(Cl)cc2I)CC1.Cc1cnc(N)c(Br)c1.Cc1cnc(Nc2cc(Cl)ccc2OCC2CCN(C)CC2)c(Br)c1.Cc1cnc2[nH]c3c(OCC4CCN(C)CC4)ccc(Cl)c3c2c1.Oc1ccc(Cl)cc1I. The van der Waals surface area contributed by atoms with Gasteiger partial charge in [0.15, 0.2) is 19.7 Å². The zero-order chi connectivity index (χ0) is 102. The third kappa shape index (κ3) is 37.9. The summed E-state index contributed by atoms with van der Waals surface area (Å²) in [7, 11) is 2.62. The Bertz CT molecular complexity index is 6460. The first-order valence-electron chi connectivity index (χ1n) is 47.5. The van der Waals surface area contributed by atoms with Gasteiger partial charge < -0.3 is 84.7 Å². The number of H-pyrrole nitrogens is 2. The van der Waals surface area contributed by atoms with E-state index in [1.54, 1.807) is 43.5 Å². The highest BCUT2D eigenvalue weighted by molar-refractivity contribution is 14.1. The minimum atomic E-state index is -3.30. The van der Waals surface area contributed by atoms with Crippen LogP contribution in [0.15, 0.2) is 195 Å². The zero-order valence-corrected chi connectivity index (χ0v) is 93.9. The highest BCUT2D eigenvalue weighted by Crippen LogP contribution is 2.43. The van der Waals surface area contributed by atoms with Crippen LogP contribution in [0.1, 0.15) is 130 Å². The van der Waals surface area contributed by atoms with E-state index in [1.807, 2.05) is 154 Å². The van der Waals surface area contributed by atoms with Crippen molar-refractivity contribution in [3.63, 3.8) is 0 Å². The van der Waals surface area contributed by atoms with Gasteiger partial charge in [0.2, 0.25) is 0 Å². The molecule has 145 heavy (non-hydrogen) atoms. The molecule has 7 aromatic carbocycles. The lowest BCUT2D eigenvalue weighted by molar-refractivity contribution is 0.148. The molecule has 6 aromatic heterocycles. The number of aromatic nitrogens is 6. The number of phenolic OH excluding ortho intramolecular Hbond substituents is 1. The minimum Gasteiger partial charge on any atom is -0.507 e. The molecular formula is C109H146BBr2Cl4I2N13O12S2. The van der Waals surface area contributed by atoms with Crippen molar-refractivity contribution >= 4 is 217 Å². The monoisotopic (exact) mass is 2460 g/mol. The third-order valence-corrected chi connectivity index (χ3v) is 32.9. The Morgan fingerprint density at radius 3 is 1.27 bits per heavy atom. The molecule has 25 nitrogen and oxygen atoms in total. The Labute approximate surface area is 924 Å². The van der Waals surface area contributed by atoms with E-state index < -0.39 is 26.8 Å². The number of aryl methyl sites for hydroxylation is 4. The molecule has 9 N–H and O–H groups in total. The summed E-state index contributed by atoms with van der Waals surface area (Å²) in [4.78, 5) is 36.6. The zero-order valence-electron chi connectivity index (χ0n) is 81.8. The van der Waals surface area contributed by atoms with Crippen molar-refractivity contribution in [1.29, 1.82) is 0 Å². The van der Waals surface area contributed by atoms with Gasteiger partial charge in [-0.3, -0.25) is 0 Å². The lowest BCUT2D eigenvalue weighted by Gasteiger charge is -2.29. The predicted molar refractivity (Wildman–Crippen MR) is 628 cm³/mol. The smallest absolute Gasteiger partial charge is 0.488 e. The number of pyridine rings is 4. The number of likely N-dealkylation sites (tertiary alicyclic amines) is 5. The first-order valence-corrected chi connectivity index (χ1v) is 56.1. The second-order valence-corrected chi connectivity index (χ2v) is 47.1. The lowest BCUT2D eigenvalue weighted by Crippen LogP contribution is -2.32. The van der Waals surface area contributed by atoms with Crippen molar-refractivity contribution < 1.29 is 56.0 Å². The van der Waals surface area contributed by atoms with Crippen molar-refractivity contribution in [2.24, 2.45) is 29.6 Å². The van der Waals surface area contributed by atoms with Crippen LogP contribution in [-0.2, 0) is 19.7 Å². The summed E-state index contributed by atoms with van der Waals surface area (Å²) in [5.74, 6) is 8.12. The molecule has 5 aliphatic heterocycles. The largest absolute Gasteiger partial charge is 0.507 e. The van der Waals surface area contributed by atoms with Gasteiger partial charge in [0, 0.05) is 68.0 Å². The summed E-state index contributed by atoms with van der Waals surface area (Å²) in [6.07, 6.45) is 19.1. The molecule has 5 saturated heterocycles. The molecule has 0 amide bonds. The number of hydrogen-bond acceptors (Lipinski definition) is 23. The van der Waals surface area contributed by atoms with E-state index in [2.05, 4.69) is 162 Å². The van der Waals surface area contributed by atoms with Gasteiger partial charge in [0.05, 0.1) is 85.6 Å². The van der Waals surface area contributed by atoms with Crippen LogP contribution in [0.3, 0.4) is 0 Å². The van der Waals surface area contributed by atoms with E-state index in [0.29, 0.717) is 63.6 Å². The van der Waals surface area contributed by atoms with E-state index in [-0.39, 0.29) is 57.3 Å². The number of phenols is 1. The average Bonchev–Trinajstić information content (AvgIpc) is 1.61. The van der Waals surface area contributed by atoms with Crippen molar-refractivity contribution in [1.82, 2.24) is 54.4 Å². The number of nitrogens with one attached hydrogen (secondary N) is 3. The molecular weight excluding hydrogens is 2310 g/mol. The summed E-state index contributed by atoms with van der Waals surface area (Å²) in [5.41, 5.74) is 16.2. The number of aromatic hydroxyl groups is 1. The quantitative estimate of drug-likeness (QED) is 0.0245. The van der Waals surface area contributed by atoms with Crippen LogP contribution in [0, 0.1) is 64.4 Å². The van der Waals surface area contributed by atoms with E-state index >= 15 is 0 Å². The van der Waals surface area contributed by atoms with Crippen molar-refractivity contribution in [3.05, 3.63) is 235 Å². The van der Waals surface area contributed by atoms with Crippen LogP contribution in [-0.4, -0.2) is 244 Å². The molecule has 11 heterocycles. The summed E-state index contributed by atoms with van der Waals surface area (Å²) >= 11 is 35.2. The number of sulfone groups is 2. The molecule has 18 rings (SSSR count). The molecule has 0 saturated carbocycles. The fourth-order valence-electron chi connectivity index (χ4n) is 16.5. The van der Waals surface area contributed by atoms with E-state index in [9.17, 15) is 16.8 Å². The molecule has 0 atom stereocenters. The number of nitrogens with two attached hydrogens (primary N) is 1. The highest BCUT2D eigenvalue weighted by Gasteiger charge is 2.27. The van der Waals surface area contributed by atoms with Gasteiger partial charge in [-0.2, -0.15) is 0 Å². The Morgan fingerprint density at radius 1 is 0.455 bits per heavy atom. The summed E-state index contributed by atoms with van der Waals surface area (Å²) in [5, 5.41) is 45.7. The Kier molecular flexibility index (Phi) is 52.0. The van der Waals surface area contributed by atoms with Crippen LogP contribution in [0.5, 0.6) is 28.7 Å². The number of piperidine rings is 5. The number of anilines is 3. The van der Waals surface area contributed by atoms with E-state index in [1.165, 1.54) is 95.6 Å². The van der Waals surface area contributed by atoms with Gasteiger partial charge in [-0.25, -0.2) is 36.8 Å². The van der Waals surface area contributed by atoms with E-state index in [0.717, 1.165) is 223 Å². The number of rotatable bonds is 21. The molecule has 5 aliphatic rings. The lowest BCUT2D eigenvalue weighted by atomic mass is 9.80. The van der Waals surface area contributed by atoms with Gasteiger partial charge in [-0.15, -0.1) is 0 Å². The second-order valence-electron chi connectivity index (χ2n) is 36.8. The minimum absolute atomic E-state index is 0. The Morgan fingerprint density at radius 2 is 0.834 bits per heavy atom. The number of ether oxygens (including phenoxy) is 4. The molecule has 0 unspecified atom stereocenters. The van der Waals surface area contributed by atoms with Crippen LogP contribution in [0.25, 0.3) is 55.0 Å². The number of aliphatic hydroxyl groups is 1. The molecule has 0 aliphatic carbocycles. The fourth-order valence-corrected chi connectivity index (χ4v) is 21.7. The molecule has 0 bridgehead atoms. The maximum Gasteiger partial charge on any atom is 0.488 e. The van der Waals surface area contributed by atoms with Crippen molar-refractivity contribution in [2.45, 2.75) is 145 Å². The summed E-state index contributed by atoms with van der Waals surface area (Å²) in [6, 6.07) is 45.3. The number of nitrogen functional groups attached to an aromatic ring is 1. The molecule has 36 heteroatoms. The summed E-state index contributed by atoms with van der Waals surface area (Å²) in [6.45, 7) is 26.1. The topological polar surface area (TPSA) is 324 Å². The van der Waals surface area contributed by atoms with Crippen LogP contribution >= 0.6 is 123 Å². The van der Waals surface area contributed by atoms with Crippen molar-refractivity contribution in [3.8, 4) is 39.9 Å². The maximum atomic E-state index is 12.5. The van der Waals surface area contributed by atoms with Crippen molar-refractivity contribution in [2.75, 3.05) is 156 Å². The van der Waals surface area contributed by atoms with Crippen LogP contribution < -0.4 is 35.5 Å². The average molecular weight is 2460 g/mol. The van der Waals surface area contributed by atoms with Gasteiger partial charge in [0.25, 0.3) is 0 Å². The number of aromatic amines is 2. The van der Waals surface area contributed by atoms with Gasteiger partial charge in [-0.1, -0.05) is 114 Å². The van der Waals surface area contributed by atoms with Gasteiger partial charge in [0.1, 0.15) is 51.7 Å². The maximum absolute atomic E-state index is 12.5. The van der Waals surface area contributed by atoms with E-state index in [4.69, 9.17) is 91.3 Å². The fraction of sp³-hybridized carbons (Fsp3) is 0.431. The number of hydrogen-bond donors (Lipinski definition) is 8. The number of halogens is 8. The molecule has 0 radical (unpaired) electrons. The highest BCUT2D eigenvalue weighted by atomic mass is 127. The molecule has 0 spiro atoms. The molecule has 5 fully saturated rings. The van der Waals surface area contributed by atoms with Gasteiger partial charge >= 0.3 is 7.12 Å². The number of fused-ring (bicyclic) bond motifs is 6. The number of benzene rings is 7. The van der Waals surface area contributed by atoms with Gasteiger partial charge in [-0.05, 0) is 465 Å². The normalized spacial score (nSPS) is 15.2. The number of nitrogens with zero attached hydrogens (tertiary/aromatic N) is 9. The Hall–Kier alpha value is -7.44. The summed E-state index contributed by atoms with van der Waals surface area (Å²) < 4.78 is 76.1. The standard InChI is InChI=1S/C27H31N3O3S.C19H23BrClN3O.C19H22ClN3O.C13H17ClINO.C8H11BO4S.C7H15NO.C6H7BrN2.C6H4ClIO.4CH4/c1-4-34(31,32)21-7-5-6-20(15-21)22-8-9-24(33-17-19-10-12-30(3)13-11-19)26-25(22)23-14-18(2)16-28-27(23)29-26;1-13-9-16(20)19(22-11-13)23-17-10-15(21)3-4-18(17)25-12-14-5-7-24(2)8-6-14;1-12-9-14-17-15(20)3-4-16(18(17)22-19(14)21-10-12)24-11-13-5-7-23(2)8-6-13;1-16-6-4-10(5-7-16)9-17-13-3-2-11(14)8-12(13)15;1-2-14(12,13)8-5-3-4-7(6-8)9(10)11;1-8-4-2-7(6-9)3-5-8;1-4-2-5(7)6(8)9-3-4;7-4-1-2-6(9)5(8)3-4;;;;/h5-9,14-16,19H,4,10-13,17H2,1-3H3,(H,28,29);3-4,9-11,14H,5-8,12H2,1-2H3,(H,22,23);3-4,9-10,13H,5-8,11H2,1-2H3,(H,21,22);2-3,8,10H,4-7,9H2,1H3;3-6,10-11H,2H2,1H3;7,9H,2-6H2,1H3;2-3H,1H3,(H2,8,9);1-3,9H;4*1H4. The first-order chi connectivity index (χ1) is 67.3. The first kappa shape index (κ1) is 124. The molecule has 13 aromatic rings.